The van der Waals surface area contributed by atoms with Gasteiger partial charge in [0.15, 0.2) is 0 Å². The summed E-state index contributed by atoms with van der Waals surface area (Å²) in [5, 5.41) is 2.65. The number of nitrogen functional groups attached to an aromatic ring is 1. The molecule has 0 aliphatic carbocycles. The third kappa shape index (κ3) is 2.57. The van der Waals surface area contributed by atoms with E-state index in [4.69, 9.17) is 5.73 Å². The molecule has 0 saturated carbocycles. The topological polar surface area (TPSA) is 55.1 Å². The summed E-state index contributed by atoms with van der Waals surface area (Å²) in [6.45, 7) is 0.495. The van der Waals surface area contributed by atoms with Gasteiger partial charge in [-0.05, 0) is 30.0 Å². The predicted molar refractivity (Wildman–Crippen MR) is 60.8 cm³/mol. The second-order valence-electron chi connectivity index (χ2n) is 4.38. The maximum atomic E-state index is 12.7. The second kappa shape index (κ2) is 4.51. The number of hydrogen-bond donors (Lipinski definition) is 2. The van der Waals surface area contributed by atoms with Crippen molar-refractivity contribution in [3.63, 3.8) is 0 Å². The standard InChI is InChI=1S/C12H13F3N2O/c13-12(14,15)9-5-7(1-2-10(9)16)8-3-4-17-11(18)6-8/h1-2,5,8H,3-4,6,16H2,(H,17,18)/t8-/m0/s1. The van der Waals surface area contributed by atoms with Crippen LogP contribution in [-0.4, -0.2) is 12.5 Å². The summed E-state index contributed by atoms with van der Waals surface area (Å²) in [4.78, 5) is 11.2. The van der Waals surface area contributed by atoms with Crippen molar-refractivity contribution in [3.05, 3.63) is 29.3 Å². The lowest BCUT2D eigenvalue weighted by molar-refractivity contribution is -0.137. The number of halogens is 3. The first-order chi connectivity index (χ1) is 8.38. The fraction of sp³-hybridized carbons (Fsp3) is 0.417. The molecule has 1 aromatic carbocycles. The highest BCUT2D eigenvalue weighted by Gasteiger charge is 2.34. The smallest absolute Gasteiger partial charge is 0.398 e. The van der Waals surface area contributed by atoms with Crippen LogP contribution in [0.4, 0.5) is 18.9 Å². The van der Waals surface area contributed by atoms with E-state index in [9.17, 15) is 18.0 Å². The third-order valence-corrected chi connectivity index (χ3v) is 3.10. The van der Waals surface area contributed by atoms with Gasteiger partial charge in [0.2, 0.25) is 5.91 Å². The van der Waals surface area contributed by atoms with E-state index in [-0.39, 0.29) is 23.9 Å². The molecule has 1 aromatic rings. The molecule has 2 rings (SSSR count). The molecule has 1 heterocycles. The summed E-state index contributed by atoms with van der Waals surface area (Å²) in [5.74, 6) is -0.294. The molecule has 0 spiro atoms. The Morgan fingerprint density at radius 1 is 1.33 bits per heavy atom. The maximum Gasteiger partial charge on any atom is 0.418 e. The number of anilines is 1. The molecule has 0 bridgehead atoms. The minimum atomic E-state index is -4.46. The number of carbonyl (C=O) groups is 1. The van der Waals surface area contributed by atoms with E-state index in [0.29, 0.717) is 18.5 Å². The van der Waals surface area contributed by atoms with E-state index < -0.39 is 11.7 Å². The Balaban J connectivity index is 2.32. The van der Waals surface area contributed by atoms with Gasteiger partial charge >= 0.3 is 6.18 Å². The number of rotatable bonds is 1. The zero-order valence-electron chi connectivity index (χ0n) is 9.55. The molecule has 0 aromatic heterocycles. The summed E-state index contributed by atoms with van der Waals surface area (Å²) in [5.41, 5.74) is 4.74. The van der Waals surface area contributed by atoms with E-state index in [1.807, 2.05) is 0 Å². The molecule has 3 nitrogen and oxygen atoms in total. The van der Waals surface area contributed by atoms with Crippen LogP contribution in [0.15, 0.2) is 18.2 Å². The van der Waals surface area contributed by atoms with E-state index in [0.717, 1.165) is 6.07 Å². The molecule has 18 heavy (non-hydrogen) atoms. The molecule has 3 N–H and O–H groups in total. The summed E-state index contributed by atoms with van der Waals surface area (Å²) in [6.07, 6.45) is -3.59. The Bertz CT molecular complexity index is 471. The number of hydrogen-bond acceptors (Lipinski definition) is 2. The number of alkyl halides is 3. The van der Waals surface area contributed by atoms with Crippen molar-refractivity contribution in [2.75, 3.05) is 12.3 Å². The first-order valence-corrected chi connectivity index (χ1v) is 5.61. The third-order valence-electron chi connectivity index (χ3n) is 3.10. The van der Waals surface area contributed by atoms with E-state index in [2.05, 4.69) is 5.32 Å². The Morgan fingerprint density at radius 2 is 2.06 bits per heavy atom. The lowest BCUT2D eigenvalue weighted by Gasteiger charge is -2.23. The number of carbonyl (C=O) groups excluding carboxylic acids is 1. The molecular formula is C12H13F3N2O. The highest BCUT2D eigenvalue weighted by Crippen LogP contribution is 2.36. The zero-order valence-corrected chi connectivity index (χ0v) is 9.55. The van der Waals surface area contributed by atoms with Crippen LogP contribution in [0.3, 0.4) is 0 Å². The lowest BCUT2D eigenvalue weighted by atomic mass is 9.88. The van der Waals surface area contributed by atoms with Gasteiger partial charge in [-0.3, -0.25) is 4.79 Å². The molecule has 1 aliphatic heterocycles. The van der Waals surface area contributed by atoms with Crippen LogP contribution in [0.5, 0.6) is 0 Å². The van der Waals surface area contributed by atoms with Crippen molar-refractivity contribution in [3.8, 4) is 0 Å². The van der Waals surface area contributed by atoms with Crippen LogP contribution >= 0.6 is 0 Å². The van der Waals surface area contributed by atoms with Crippen molar-refractivity contribution in [1.82, 2.24) is 5.32 Å². The normalized spacial score (nSPS) is 20.6. The van der Waals surface area contributed by atoms with E-state index in [1.54, 1.807) is 6.07 Å². The molecular weight excluding hydrogens is 245 g/mol. The number of nitrogens with one attached hydrogen (secondary N) is 1. The molecule has 0 radical (unpaired) electrons. The summed E-state index contributed by atoms with van der Waals surface area (Å²) >= 11 is 0. The van der Waals surface area contributed by atoms with Crippen molar-refractivity contribution < 1.29 is 18.0 Å². The largest absolute Gasteiger partial charge is 0.418 e. The monoisotopic (exact) mass is 258 g/mol. The van der Waals surface area contributed by atoms with Gasteiger partial charge < -0.3 is 11.1 Å². The molecule has 98 valence electrons. The number of piperidine rings is 1. The number of nitrogens with two attached hydrogens (primary N) is 1. The quantitative estimate of drug-likeness (QED) is 0.759. The Hall–Kier alpha value is -1.72. The van der Waals surface area contributed by atoms with Crippen molar-refractivity contribution in [2.24, 2.45) is 0 Å². The van der Waals surface area contributed by atoms with Gasteiger partial charge in [-0.1, -0.05) is 6.07 Å². The van der Waals surface area contributed by atoms with Gasteiger partial charge in [0.05, 0.1) is 5.56 Å². The van der Waals surface area contributed by atoms with Crippen LogP contribution in [0.25, 0.3) is 0 Å². The number of benzene rings is 1. The molecule has 1 aliphatic rings. The molecule has 6 heteroatoms. The van der Waals surface area contributed by atoms with E-state index >= 15 is 0 Å². The minimum Gasteiger partial charge on any atom is -0.398 e. The Kier molecular flexibility index (Phi) is 3.19. The first kappa shape index (κ1) is 12.7. The summed E-state index contributed by atoms with van der Waals surface area (Å²) in [6, 6.07) is 3.87. The highest BCUT2D eigenvalue weighted by atomic mass is 19.4. The van der Waals surface area contributed by atoms with Crippen LogP contribution in [0.1, 0.15) is 29.9 Å². The van der Waals surface area contributed by atoms with Crippen molar-refractivity contribution in [1.29, 1.82) is 0 Å². The van der Waals surface area contributed by atoms with E-state index in [1.165, 1.54) is 6.07 Å². The average Bonchev–Trinajstić information content (AvgIpc) is 2.28. The van der Waals surface area contributed by atoms with Crippen molar-refractivity contribution in [2.45, 2.75) is 24.9 Å². The molecule has 1 fully saturated rings. The van der Waals surface area contributed by atoms with Crippen molar-refractivity contribution >= 4 is 11.6 Å². The average molecular weight is 258 g/mol. The predicted octanol–water partition coefficient (Wildman–Crippen LogP) is 2.28. The fourth-order valence-corrected chi connectivity index (χ4v) is 2.14. The molecule has 1 amide bonds. The van der Waals surface area contributed by atoms with Crippen LogP contribution < -0.4 is 11.1 Å². The first-order valence-electron chi connectivity index (χ1n) is 5.61. The van der Waals surface area contributed by atoms with Gasteiger partial charge in [0.25, 0.3) is 0 Å². The van der Waals surface area contributed by atoms with Gasteiger partial charge in [-0.15, -0.1) is 0 Å². The Labute approximate surface area is 102 Å². The van der Waals surface area contributed by atoms with Gasteiger partial charge in [-0.25, -0.2) is 0 Å². The van der Waals surface area contributed by atoms with Crippen LogP contribution in [0, 0.1) is 0 Å². The van der Waals surface area contributed by atoms with Gasteiger partial charge in [0, 0.05) is 18.7 Å². The summed E-state index contributed by atoms with van der Waals surface area (Å²) in [7, 11) is 0. The lowest BCUT2D eigenvalue weighted by Crippen LogP contribution is -2.32. The minimum absolute atomic E-state index is 0.128. The second-order valence-corrected chi connectivity index (χ2v) is 4.38. The molecule has 1 atom stereocenters. The molecule has 0 unspecified atom stereocenters. The maximum absolute atomic E-state index is 12.7. The fourth-order valence-electron chi connectivity index (χ4n) is 2.14. The zero-order chi connectivity index (χ0) is 13.3. The SMILES string of the molecule is Nc1ccc([C@H]2CCNC(=O)C2)cc1C(F)(F)F. The summed E-state index contributed by atoms with van der Waals surface area (Å²) < 4.78 is 38.1. The molecule has 1 saturated heterocycles. The van der Waals surface area contributed by atoms with Gasteiger partial charge in [-0.2, -0.15) is 13.2 Å². The highest BCUT2D eigenvalue weighted by molar-refractivity contribution is 5.77. The van der Waals surface area contributed by atoms with Crippen LogP contribution in [0.2, 0.25) is 0 Å². The van der Waals surface area contributed by atoms with Crippen LogP contribution in [-0.2, 0) is 11.0 Å². The van der Waals surface area contributed by atoms with Gasteiger partial charge in [0.1, 0.15) is 0 Å². The number of amides is 1. The Morgan fingerprint density at radius 3 is 2.67 bits per heavy atom.